The predicted octanol–water partition coefficient (Wildman–Crippen LogP) is 1.41. The maximum Gasteiger partial charge on any atom is 0.225 e. The molecule has 4 heterocycles. The molecule has 6 heteroatoms. The van der Waals surface area contributed by atoms with Crippen molar-refractivity contribution in [2.24, 2.45) is 11.8 Å². The lowest BCUT2D eigenvalue weighted by Gasteiger charge is -2.44. The van der Waals surface area contributed by atoms with Gasteiger partial charge in [-0.15, -0.1) is 0 Å². The summed E-state index contributed by atoms with van der Waals surface area (Å²) in [4.78, 5) is 15.3. The van der Waals surface area contributed by atoms with E-state index in [2.05, 4.69) is 10.2 Å². The van der Waals surface area contributed by atoms with Crippen molar-refractivity contribution < 1.29 is 18.7 Å². The Bertz CT molecular complexity index is 541. The first-order valence-electron chi connectivity index (χ1n) is 9.05. The Morgan fingerprint density at radius 2 is 2.08 bits per heavy atom. The average molecular weight is 334 g/mol. The lowest BCUT2D eigenvalue weighted by Crippen LogP contribution is -2.56. The van der Waals surface area contributed by atoms with Gasteiger partial charge in [-0.1, -0.05) is 0 Å². The molecule has 132 valence electrons. The number of carbonyl (C=O) groups is 1. The van der Waals surface area contributed by atoms with Gasteiger partial charge in [0, 0.05) is 44.9 Å². The summed E-state index contributed by atoms with van der Waals surface area (Å²) in [5.41, 5.74) is 0. The molecule has 3 atom stereocenters. The minimum absolute atomic E-state index is 0.00376. The van der Waals surface area contributed by atoms with E-state index < -0.39 is 0 Å². The van der Waals surface area contributed by atoms with Crippen molar-refractivity contribution in [1.82, 2.24) is 10.2 Å². The molecule has 0 spiro atoms. The van der Waals surface area contributed by atoms with Gasteiger partial charge in [0.05, 0.1) is 24.8 Å². The fraction of sp³-hybridized carbons (Fsp3) is 0.722. The molecule has 3 fully saturated rings. The zero-order valence-electron chi connectivity index (χ0n) is 14.0. The quantitative estimate of drug-likeness (QED) is 0.902. The first-order valence-corrected chi connectivity index (χ1v) is 9.05. The standard InChI is InChI=1S/C18H26N2O4/c21-18(19-10-14-2-1-6-23-14)16-11-20(13-3-7-22-8-4-13)12-17-15(16)5-9-24-17/h1-2,6,13,15-17H,3-5,7-12H2,(H,19,21)/t15-,16-,17+/m1/s1. The Labute approximate surface area is 142 Å². The number of fused-ring (bicyclic) bond motifs is 1. The van der Waals surface area contributed by atoms with Crippen LogP contribution < -0.4 is 5.32 Å². The first kappa shape index (κ1) is 16.1. The number of furan rings is 1. The summed E-state index contributed by atoms with van der Waals surface area (Å²) in [6.45, 7) is 4.67. The van der Waals surface area contributed by atoms with E-state index in [-0.39, 0.29) is 17.9 Å². The van der Waals surface area contributed by atoms with E-state index in [1.807, 2.05) is 12.1 Å². The number of carbonyl (C=O) groups excluding carboxylic acids is 1. The van der Waals surface area contributed by atoms with Crippen LogP contribution in [0.5, 0.6) is 0 Å². The van der Waals surface area contributed by atoms with Crippen LogP contribution in [-0.2, 0) is 20.8 Å². The second kappa shape index (κ2) is 7.25. The van der Waals surface area contributed by atoms with E-state index >= 15 is 0 Å². The van der Waals surface area contributed by atoms with E-state index in [1.54, 1.807) is 6.26 Å². The molecule has 3 saturated heterocycles. The summed E-state index contributed by atoms with van der Waals surface area (Å²) < 4.78 is 16.7. The molecule has 1 aromatic rings. The van der Waals surface area contributed by atoms with E-state index in [9.17, 15) is 4.79 Å². The molecule has 4 rings (SSSR count). The van der Waals surface area contributed by atoms with Crippen LogP contribution in [0.4, 0.5) is 0 Å². The molecule has 1 aromatic heterocycles. The van der Waals surface area contributed by atoms with Crippen LogP contribution in [0.25, 0.3) is 0 Å². The first-order chi connectivity index (χ1) is 11.8. The zero-order chi connectivity index (χ0) is 16.4. The SMILES string of the molecule is O=C(NCc1ccco1)[C@@H]1CN(C2CCOCC2)C[C@@H]2OCC[C@@H]21. The van der Waals surface area contributed by atoms with Crippen LogP contribution in [0.2, 0.25) is 0 Å². The fourth-order valence-corrected chi connectivity index (χ4v) is 4.35. The predicted molar refractivity (Wildman–Crippen MR) is 87.3 cm³/mol. The number of ether oxygens (including phenoxy) is 2. The van der Waals surface area contributed by atoms with Gasteiger partial charge in [-0.25, -0.2) is 0 Å². The average Bonchev–Trinajstić information content (AvgIpc) is 3.31. The summed E-state index contributed by atoms with van der Waals surface area (Å²) >= 11 is 0. The van der Waals surface area contributed by atoms with E-state index in [0.717, 1.165) is 57.9 Å². The minimum Gasteiger partial charge on any atom is -0.467 e. The van der Waals surface area contributed by atoms with Crippen molar-refractivity contribution >= 4 is 5.91 Å². The molecular formula is C18H26N2O4. The molecule has 1 N–H and O–H groups in total. The molecule has 0 aliphatic carbocycles. The van der Waals surface area contributed by atoms with Gasteiger partial charge in [0.2, 0.25) is 5.91 Å². The van der Waals surface area contributed by atoms with Gasteiger partial charge in [-0.05, 0) is 31.4 Å². The zero-order valence-corrected chi connectivity index (χ0v) is 14.0. The van der Waals surface area contributed by atoms with E-state index in [0.29, 0.717) is 18.5 Å². The lowest BCUT2D eigenvalue weighted by molar-refractivity contribution is -0.132. The Kier molecular flexibility index (Phi) is 4.87. The van der Waals surface area contributed by atoms with Crippen LogP contribution in [-0.4, -0.2) is 55.9 Å². The third-order valence-corrected chi connectivity index (χ3v) is 5.68. The highest BCUT2D eigenvalue weighted by Gasteiger charge is 2.45. The number of amides is 1. The van der Waals surface area contributed by atoms with Gasteiger partial charge < -0.3 is 19.2 Å². The van der Waals surface area contributed by atoms with Gasteiger partial charge in [0.25, 0.3) is 0 Å². The summed E-state index contributed by atoms with van der Waals surface area (Å²) in [5, 5.41) is 3.05. The Balaban J connectivity index is 1.41. The third kappa shape index (κ3) is 3.36. The molecule has 0 radical (unpaired) electrons. The van der Waals surface area contributed by atoms with Crippen molar-refractivity contribution in [3.8, 4) is 0 Å². The maximum atomic E-state index is 12.8. The topological polar surface area (TPSA) is 63.9 Å². The fourth-order valence-electron chi connectivity index (χ4n) is 4.35. The second-order valence-corrected chi connectivity index (χ2v) is 7.06. The van der Waals surface area contributed by atoms with Gasteiger partial charge >= 0.3 is 0 Å². The number of rotatable bonds is 4. The number of nitrogens with zero attached hydrogens (tertiary/aromatic N) is 1. The summed E-state index contributed by atoms with van der Waals surface area (Å²) in [5.74, 6) is 1.27. The molecule has 24 heavy (non-hydrogen) atoms. The van der Waals surface area contributed by atoms with Gasteiger partial charge in [0.15, 0.2) is 0 Å². The van der Waals surface area contributed by atoms with Crippen LogP contribution in [0.1, 0.15) is 25.0 Å². The smallest absolute Gasteiger partial charge is 0.225 e. The Hall–Kier alpha value is -1.37. The largest absolute Gasteiger partial charge is 0.467 e. The Morgan fingerprint density at radius 3 is 2.88 bits per heavy atom. The summed E-state index contributed by atoms with van der Waals surface area (Å²) in [6.07, 6.45) is 4.93. The summed E-state index contributed by atoms with van der Waals surface area (Å²) in [7, 11) is 0. The molecule has 6 nitrogen and oxygen atoms in total. The number of piperidine rings is 1. The van der Waals surface area contributed by atoms with Crippen molar-refractivity contribution in [2.45, 2.75) is 38.0 Å². The van der Waals surface area contributed by atoms with Crippen LogP contribution in [0, 0.1) is 11.8 Å². The van der Waals surface area contributed by atoms with Crippen molar-refractivity contribution in [2.75, 3.05) is 32.9 Å². The number of hydrogen-bond acceptors (Lipinski definition) is 5. The molecule has 3 aliphatic rings. The van der Waals surface area contributed by atoms with Crippen LogP contribution in [0.15, 0.2) is 22.8 Å². The monoisotopic (exact) mass is 334 g/mol. The number of hydrogen-bond donors (Lipinski definition) is 1. The molecule has 0 saturated carbocycles. The normalized spacial score (nSPS) is 31.8. The maximum absolute atomic E-state index is 12.8. The Morgan fingerprint density at radius 1 is 1.21 bits per heavy atom. The minimum atomic E-state index is 0.00376. The van der Waals surface area contributed by atoms with Crippen LogP contribution in [0.3, 0.4) is 0 Å². The van der Waals surface area contributed by atoms with Gasteiger partial charge in [-0.2, -0.15) is 0 Å². The number of nitrogens with one attached hydrogen (secondary N) is 1. The molecule has 3 aliphatic heterocycles. The highest BCUT2D eigenvalue weighted by molar-refractivity contribution is 5.79. The highest BCUT2D eigenvalue weighted by atomic mass is 16.5. The summed E-state index contributed by atoms with van der Waals surface area (Å²) in [6, 6.07) is 4.25. The van der Waals surface area contributed by atoms with Crippen molar-refractivity contribution in [1.29, 1.82) is 0 Å². The van der Waals surface area contributed by atoms with Gasteiger partial charge in [0.1, 0.15) is 5.76 Å². The second-order valence-electron chi connectivity index (χ2n) is 7.06. The van der Waals surface area contributed by atoms with Crippen LogP contribution >= 0.6 is 0 Å². The molecule has 0 bridgehead atoms. The molecular weight excluding hydrogens is 308 g/mol. The third-order valence-electron chi connectivity index (χ3n) is 5.68. The molecule has 0 unspecified atom stereocenters. The molecule has 0 aromatic carbocycles. The molecule has 1 amide bonds. The van der Waals surface area contributed by atoms with Crippen molar-refractivity contribution in [3.05, 3.63) is 24.2 Å². The van der Waals surface area contributed by atoms with Gasteiger partial charge in [-0.3, -0.25) is 9.69 Å². The lowest BCUT2D eigenvalue weighted by atomic mass is 9.81. The number of likely N-dealkylation sites (tertiary alicyclic amines) is 1. The van der Waals surface area contributed by atoms with Crippen molar-refractivity contribution in [3.63, 3.8) is 0 Å². The highest BCUT2D eigenvalue weighted by Crippen LogP contribution is 2.35. The van der Waals surface area contributed by atoms with E-state index in [4.69, 9.17) is 13.9 Å². The van der Waals surface area contributed by atoms with E-state index in [1.165, 1.54) is 0 Å².